The Labute approximate surface area is 90.7 Å². The molecule has 0 aliphatic heterocycles. The third-order valence-corrected chi connectivity index (χ3v) is 2.16. The van der Waals surface area contributed by atoms with E-state index in [-0.39, 0.29) is 23.6 Å². The zero-order valence-corrected chi connectivity index (χ0v) is 8.78. The standard InChI is InChI=1S/C9H10ClF2NO2/c1-14-9-7(11)5(2-3-15-13)4-6(10)8(9)12/h4H,2-3,13H2,1H3. The molecule has 1 aromatic carbocycles. The minimum Gasteiger partial charge on any atom is -0.491 e. The van der Waals surface area contributed by atoms with Crippen molar-refractivity contribution in [1.82, 2.24) is 0 Å². The van der Waals surface area contributed by atoms with Crippen LogP contribution in [0.2, 0.25) is 5.02 Å². The van der Waals surface area contributed by atoms with Gasteiger partial charge in [-0.3, -0.25) is 0 Å². The van der Waals surface area contributed by atoms with Gasteiger partial charge in [0, 0.05) is 6.42 Å². The Kier molecular flexibility index (Phi) is 4.26. The lowest BCUT2D eigenvalue weighted by Crippen LogP contribution is -2.06. The monoisotopic (exact) mass is 237 g/mol. The quantitative estimate of drug-likeness (QED) is 0.644. The number of rotatable bonds is 4. The summed E-state index contributed by atoms with van der Waals surface area (Å²) in [6, 6.07) is 1.19. The van der Waals surface area contributed by atoms with E-state index in [1.807, 2.05) is 0 Å². The zero-order valence-electron chi connectivity index (χ0n) is 8.02. The summed E-state index contributed by atoms with van der Waals surface area (Å²) < 4.78 is 31.3. The van der Waals surface area contributed by atoms with E-state index in [2.05, 4.69) is 9.57 Å². The van der Waals surface area contributed by atoms with Gasteiger partial charge in [-0.2, -0.15) is 0 Å². The van der Waals surface area contributed by atoms with Gasteiger partial charge in [0.25, 0.3) is 0 Å². The molecule has 0 bridgehead atoms. The van der Waals surface area contributed by atoms with Crippen LogP contribution in [0.1, 0.15) is 5.56 Å². The third-order valence-electron chi connectivity index (χ3n) is 1.88. The van der Waals surface area contributed by atoms with Gasteiger partial charge >= 0.3 is 0 Å². The predicted molar refractivity (Wildman–Crippen MR) is 51.8 cm³/mol. The molecule has 0 aliphatic rings. The Hall–Kier alpha value is -0.910. The van der Waals surface area contributed by atoms with Gasteiger partial charge in [0.2, 0.25) is 0 Å². The summed E-state index contributed by atoms with van der Waals surface area (Å²) in [6.07, 6.45) is 0.193. The van der Waals surface area contributed by atoms with Crippen LogP contribution in [-0.2, 0) is 11.3 Å². The normalized spacial score (nSPS) is 10.5. The first-order valence-corrected chi connectivity index (χ1v) is 4.51. The van der Waals surface area contributed by atoms with Gasteiger partial charge in [-0.1, -0.05) is 11.6 Å². The highest BCUT2D eigenvalue weighted by Gasteiger charge is 2.17. The van der Waals surface area contributed by atoms with Crippen LogP contribution in [0.5, 0.6) is 5.75 Å². The van der Waals surface area contributed by atoms with Gasteiger partial charge in [0.1, 0.15) is 0 Å². The SMILES string of the molecule is COc1c(F)c(Cl)cc(CCON)c1F. The largest absolute Gasteiger partial charge is 0.491 e. The number of ether oxygens (including phenoxy) is 1. The molecule has 2 N–H and O–H groups in total. The molecule has 0 radical (unpaired) electrons. The van der Waals surface area contributed by atoms with Crippen LogP contribution < -0.4 is 10.6 Å². The van der Waals surface area contributed by atoms with E-state index in [1.54, 1.807) is 0 Å². The molecular formula is C9H10ClF2NO2. The number of halogens is 3. The molecule has 0 aliphatic carbocycles. The van der Waals surface area contributed by atoms with Crippen molar-refractivity contribution in [3.8, 4) is 5.75 Å². The molecule has 84 valence electrons. The number of nitrogens with two attached hydrogens (primary N) is 1. The molecule has 0 saturated heterocycles. The molecule has 0 aromatic heterocycles. The van der Waals surface area contributed by atoms with Crippen molar-refractivity contribution in [2.75, 3.05) is 13.7 Å². The highest BCUT2D eigenvalue weighted by Crippen LogP contribution is 2.30. The average Bonchev–Trinajstić information content (AvgIpc) is 2.22. The molecule has 0 spiro atoms. The van der Waals surface area contributed by atoms with Crippen molar-refractivity contribution in [3.05, 3.63) is 28.3 Å². The van der Waals surface area contributed by atoms with E-state index in [9.17, 15) is 8.78 Å². The summed E-state index contributed by atoms with van der Waals surface area (Å²) in [5.74, 6) is 2.62. The predicted octanol–water partition coefficient (Wildman–Crippen LogP) is 2.06. The van der Waals surface area contributed by atoms with E-state index in [4.69, 9.17) is 17.5 Å². The van der Waals surface area contributed by atoms with Crippen LogP contribution in [0, 0.1) is 11.6 Å². The van der Waals surface area contributed by atoms with Crippen molar-refractivity contribution in [3.63, 3.8) is 0 Å². The van der Waals surface area contributed by atoms with E-state index >= 15 is 0 Å². The second kappa shape index (κ2) is 5.25. The first-order chi connectivity index (χ1) is 7.11. The summed E-state index contributed by atoms with van der Waals surface area (Å²) in [4.78, 5) is 4.30. The maximum atomic E-state index is 13.5. The lowest BCUT2D eigenvalue weighted by atomic mass is 10.1. The van der Waals surface area contributed by atoms with Gasteiger partial charge in [-0.25, -0.2) is 14.7 Å². The summed E-state index contributed by atoms with van der Waals surface area (Å²) in [6.45, 7) is 0.113. The number of hydrogen-bond acceptors (Lipinski definition) is 3. The molecule has 0 fully saturated rings. The maximum absolute atomic E-state index is 13.5. The lowest BCUT2D eigenvalue weighted by Gasteiger charge is -2.09. The second-order valence-corrected chi connectivity index (χ2v) is 3.21. The Balaban J connectivity index is 3.12. The Morgan fingerprint density at radius 3 is 2.60 bits per heavy atom. The van der Waals surface area contributed by atoms with Crippen molar-refractivity contribution < 1.29 is 18.4 Å². The van der Waals surface area contributed by atoms with E-state index < -0.39 is 17.4 Å². The van der Waals surface area contributed by atoms with Crippen LogP contribution in [0.3, 0.4) is 0 Å². The van der Waals surface area contributed by atoms with Crippen LogP contribution in [0.15, 0.2) is 6.07 Å². The maximum Gasteiger partial charge on any atom is 0.192 e. The Bertz CT molecular complexity index is 360. The van der Waals surface area contributed by atoms with Crippen molar-refractivity contribution in [2.45, 2.75) is 6.42 Å². The highest BCUT2D eigenvalue weighted by atomic mass is 35.5. The van der Waals surface area contributed by atoms with Gasteiger partial charge in [0.05, 0.1) is 18.7 Å². The van der Waals surface area contributed by atoms with Crippen LogP contribution in [0.25, 0.3) is 0 Å². The fraction of sp³-hybridized carbons (Fsp3) is 0.333. The average molecular weight is 238 g/mol. The molecule has 3 nitrogen and oxygen atoms in total. The number of hydrogen-bond donors (Lipinski definition) is 1. The summed E-state index contributed by atoms with van der Waals surface area (Å²) in [5, 5.41) is -0.194. The minimum atomic E-state index is -0.908. The molecule has 0 heterocycles. The molecule has 6 heteroatoms. The summed E-state index contributed by atoms with van der Waals surface area (Å²) >= 11 is 5.55. The molecule has 1 aromatic rings. The van der Waals surface area contributed by atoms with Crippen molar-refractivity contribution >= 4 is 11.6 Å². The smallest absolute Gasteiger partial charge is 0.192 e. The van der Waals surface area contributed by atoms with Gasteiger partial charge < -0.3 is 9.57 Å². The zero-order chi connectivity index (χ0) is 11.4. The molecular weight excluding hydrogens is 228 g/mol. The van der Waals surface area contributed by atoms with E-state index in [0.717, 1.165) is 0 Å². The van der Waals surface area contributed by atoms with Gasteiger partial charge in [-0.05, 0) is 11.6 Å². The first-order valence-electron chi connectivity index (χ1n) is 4.13. The van der Waals surface area contributed by atoms with Crippen LogP contribution in [0.4, 0.5) is 8.78 Å². The van der Waals surface area contributed by atoms with Gasteiger partial charge in [0.15, 0.2) is 17.4 Å². The first kappa shape index (κ1) is 12.2. The minimum absolute atomic E-state index is 0.113. The Morgan fingerprint density at radius 2 is 2.07 bits per heavy atom. The fourth-order valence-electron chi connectivity index (χ4n) is 1.16. The summed E-state index contributed by atoms with van der Waals surface area (Å²) in [7, 11) is 1.17. The Morgan fingerprint density at radius 1 is 1.40 bits per heavy atom. The van der Waals surface area contributed by atoms with Crippen molar-refractivity contribution in [1.29, 1.82) is 0 Å². The molecule has 0 amide bonds. The molecule has 0 atom stereocenters. The van der Waals surface area contributed by atoms with E-state index in [1.165, 1.54) is 13.2 Å². The number of methoxy groups -OCH3 is 1. The second-order valence-electron chi connectivity index (χ2n) is 2.80. The van der Waals surface area contributed by atoms with E-state index in [0.29, 0.717) is 0 Å². The molecule has 1 rings (SSSR count). The molecule has 0 saturated carbocycles. The lowest BCUT2D eigenvalue weighted by molar-refractivity contribution is 0.140. The van der Waals surface area contributed by atoms with Crippen LogP contribution in [-0.4, -0.2) is 13.7 Å². The highest BCUT2D eigenvalue weighted by molar-refractivity contribution is 6.31. The molecule has 0 unspecified atom stereocenters. The fourth-order valence-corrected chi connectivity index (χ4v) is 1.38. The van der Waals surface area contributed by atoms with Gasteiger partial charge in [-0.15, -0.1) is 0 Å². The number of benzene rings is 1. The molecule has 15 heavy (non-hydrogen) atoms. The summed E-state index contributed by atoms with van der Waals surface area (Å²) in [5.41, 5.74) is 0.198. The van der Waals surface area contributed by atoms with Crippen LogP contribution >= 0.6 is 11.6 Å². The van der Waals surface area contributed by atoms with Crippen molar-refractivity contribution in [2.24, 2.45) is 5.90 Å². The topological polar surface area (TPSA) is 44.5 Å². The third kappa shape index (κ3) is 2.56.